The van der Waals surface area contributed by atoms with Crippen LogP contribution in [0.4, 0.5) is 0 Å². The summed E-state index contributed by atoms with van der Waals surface area (Å²) in [4.78, 5) is 3.95. The van der Waals surface area contributed by atoms with E-state index < -0.39 is 0 Å². The maximum atomic E-state index is 5.49. The lowest BCUT2D eigenvalue weighted by atomic mass is 10.1. The average molecular weight is 320 g/mol. The smallest absolute Gasteiger partial charge is 0.0638 e. The van der Waals surface area contributed by atoms with Crippen molar-refractivity contribution in [3.05, 3.63) is 39.3 Å². The lowest BCUT2D eigenvalue weighted by Gasteiger charge is -2.34. The number of ether oxygens (including phenoxy) is 1. The Hall–Kier alpha value is -1.21. The van der Waals surface area contributed by atoms with Crippen molar-refractivity contribution in [2.45, 2.75) is 26.4 Å². The molecule has 3 rings (SSSR count). The molecule has 0 spiro atoms. The molecule has 1 aliphatic rings. The number of H-pyrrole nitrogens is 1. The number of nitrogens with zero attached hydrogens (tertiary/aromatic N) is 2. The summed E-state index contributed by atoms with van der Waals surface area (Å²) in [5.74, 6) is 0. The summed E-state index contributed by atoms with van der Waals surface area (Å²) in [6, 6.07) is 4.80. The predicted octanol–water partition coefficient (Wildman–Crippen LogP) is 2.25. The highest BCUT2D eigenvalue weighted by Crippen LogP contribution is 2.25. The third kappa shape index (κ3) is 3.57. The average Bonchev–Trinajstić information content (AvgIpc) is 3.17. The van der Waals surface area contributed by atoms with Gasteiger partial charge in [0.05, 0.1) is 24.9 Å². The van der Waals surface area contributed by atoms with E-state index in [-0.39, 0.29) is 0 Å². The van der Waals surface area contributed by atoms with Crippen LogP contribution in [0.5, 0.6) is 0 Å². The molecule has 120 valence electrons. The second-order valence-electron chi connectivity index (χ2n) is 5.72. The van der Waals surface area contributed by atoms with E-state index in [0.717, 1.165) is 50.8 Å². The van der Waals surface area contributed by atoms with Gasteiger partial charge in [-0.05, 0) is 25.3 Å². The Balaban J connectivity index is 1.63. The molecule has 1 saturated heterocycles. The van der Waals surface area contributed by atoms with E-state index >= 15 is 0 Å². The predicted molar refractivity (Wildman–Crippen MR) is 89.2 cm³/mol. The number of aromatic nitrogens is 2. The van der Waals surface area contributed by atoms with Gasteiger partial charge in [0.15, 0.2) is 0 Å². The largest absolute Gasteiger partial charge is 0.379 e. The van der Waals surface area contributed by atoms with Crippen molar-refractivity contribution in [3.8, 4) is 0 Å². The fourth-order valence-corrected chi connectivity index (χ4v) is 3.81. The number of hydrogen-bond donors (Lipinski definition) is 2. The first-order valence-corrected chi connectivity index (χ1v) is 8.70. The van der Waals surface area contributed by atoms with Gasteiger partial charge < -0.3 is 10.1 Å². The second-order valence-corrected chi connectivity index (χ2v) is 6.70. The first-order valence-electron chi connectivity index (χ1n) is 7.82. The van der Waals surface area contributed by atoms with Crippen LogP contribution in [0, 0.1) is 13.8 Å². The van der Waals surface area contributed by atoms with E-state index in [1.807, 2.05) is 11.3 Å². The highest BCUT2D eigenvalue weighted by atomic mass is 32.1. The summed E-state index contributed by atoms with van der Waals surface area (Å²) in [7, 11) is 0. The minimum absolute atomic E-state index is 0.427. The number of morpholine rings is 1. The maximum absolute atomic E-state index is 5.49. The highest BCUT2D eigenvalue weighted by Gasteiger charge is 2.23. The fourth-order valence-electron chi connectivity index (χ4n) is 2.95. The van der Waals surface area contributed by atoms with Gasteiger partial charge in [0, 0.05) is 42.3 Å². The summed E-state index contributed by atoms with van der Waals surface area (Å²) >= 11 is 1.84. The Bertz CT molecular complexity index is 555. The van der Waals surface area contributed by atoms with E-state index in [2.05, 4.69) is 51.8 Å². The SMILES string of the molecule is Cc1n[nH]c(C)c1CNCC(c1cccs1)N1CCOCC1. The quantitative estimate of drug-likeness (QED) is 0.857. The van der Waals surface area contributed by atoms with Gasteiger partial charge in [-0.3, -0.25) is 10.00 Å². The molecule has 5 nitrogen and oxygen atoms in total. The normalized spacial score (nSPS) is 17.7. The molecule has 6 heteroatoms. The number of thiophene rings is 1. The molecule has 2 aromatic heterocycles. The van der Waals surface area contributed by atoms with Gasteiger partial charge in [0.2, 0.25) is 0 Å². The zero-order valence-corrected chi connectivity index (χ0v) is 14.1. The lowest BCUT2D eigenvalue weighted by molar-refractivity contribution is 0.0168. The van der Waals surface area contributed by atoms with Crippen LogP contribution in [-0.4, -0.2) is 47.9 Å². The minimum Gasteiger partial charge on any atom is -0.379 e. The Morgan fingerprint density at radius 1 is 1.41 bits per heavy atom. The molecule has 0 radical (unpaired) electrons. The summed E-state index contributed by atoms with van der Waals surface area (Å²) in [6.45, 7) is 9.63. The third-order valence-corrected chi connectivity index (χ3v) is 5.25. The number of aryl methyl sites for hydroxylation is 2. The molecule has 1 fully saturated rings. The topological polar surface area (TPSA) is 53.2 Å². The van der Waals surface area contributed by atoms with Crippen LogP contribution in [0.2, 0.25) is 0 Å². The standard InChI is InChI=1S/C16H24N4OS/c1-12-14(13(2)19-18-12)10-17-11-15(16-4-3-9-22-16)20-5-7-21-8-6-20/h3-4,9,15,17H,5-8,10-11H2,1-2H3,(H,18,19). The van der Waals surface area contributed by atoms with Crippen LogP contribution < -0.4 is 5.32 Å². The Morgan fingerprint density at radius 3 is 2.86 bits per heavy atom. The molecule has 1 unspecified atom stereocenters. The molecule has 3 heterocycles. The molecule has 0 bridgehead atoms. The lowest BCUT2D eigenvalue weighted by Crippen LogP contribution is -2.42. The first-order chi connectivity index (χ1) is 10.8. The first kappa shape index (κ1) is 15.7. The Kier molecular flexibility index (Phi) is 5.25. The number of hydrogen-bond acceptors (Lipinski definition) is 5. The van der Waals surface area contributed by atoms with Crippen molar-refractivity contribution in [1.29, 1.82) is 0 Å². The molecule has 1 aliphatic heterocycles. The highest BCUT2D eigenvalue weighted by molar-refractivity contribution is 7.10. The zero-order chi connectivity index (χ0) is 15.4. The summed E-state index contributed by atoms with van der Waals surface area (Å²) in [5.41, 5.74) is 3.53. The molecular formula is C16H24N4OS. The molecule has 0 aliphatic carbocycles. The van der Waals surface area contributed by atoms with Gasteiger partial charge in [-0.25, -0.2) is 0 Å². The van der Waals surface area contributed by atoms with E-state index in [1.165, 1.54) is 10.4 Å². The van der Waals surface area contributed by atoms with Gasteiger partial charge in [-0.2, -0.15) is 5.10 Å². The van der Waals surface area contributed by atoms with Crippen LogP contribution >= 0.6 is 11.3 Å². The van der Waals surface area contributed by atoms with Gasteiger partial charge >= 0.3 is 0 Å². The molecule has 0 aromatic carbocycles. The molecule has 2 N–H and O–H groups in total. The van der Waals surface area contributed by atoms with Crippen LogP contribution in [0.1, 0.15) is 27.9 Å². The van der Waals surface area contributed by atoms with Crippen LogP contribution in [0.25, 0.3) is 0 Å². The zero-order valence-electron chi connectivity index (χ0n) is 13.3. The van der Waals surface area contributed by atoms with Crippen molar-refractivity contribution in [2.24, 2.45) is 0 Å². The minimum atomic E-state index is 0.427. The Labute approximate surface area is 135 Å². The molecule has 22 heavy (non-hydrogen) atoms. The van der Waals surface area contributed by atoms with E-state index in [4.69, 9.17) is 4.74 Å². The van der Waals surface area contributed by atoms with Gasteiger partial charge in [0.1, 0.15) is 0 Å². The number of rotatable bonds is 6. The van der Waals surface area contributed by atoms with E-state index in [9.17, 15) is 0 Å². The van der Waals surface area contributed by atoms with Crippen LogP contribution in [-0.2, 0) is 11.3 Å². The van der Waals surface area contributed by atoms with Gasteiger partial charge in [-0.15, -0.1) is 11.3 Å². The second kappa shape index (κ2) is 7.37. The number of aromatic amines is 1. The summed E-state index contributed by atoms with van der Waals surface area (Å²) in [5, 5.41) is 13.1. The third-order valence-electron chi connectivity index (χ3n) is 4.28. The van der Waals surface area contributed by atoms with Crippen molar-refractivity contribution >= 4 is 11.3 Å². The molecular weight excluding hydrogens is 296 g/mol. The van der Waals surface area contributed by atoms with E-state index in [0.29, 0.717) is 6.04 Å². The Morgan fingerprint density at radius 2 is 2.23 bits per heavy atom. The van der Waals surface area contributed by atoms with Gasteiger partial charge in [-0.1, -0.05) is 6.07 Å². The fraction of sp³-hybridized carbons (Fsp3) is 0.562. The molecule has 1 atom stereocenters. The van der Waals surface area contributed by atoms with Crippen LogP contribution in [0.3, 0.4) is 0 Å². The van der Waals surface area contributed by atoms with Crippen molar-refractivity contribution < 1.29 is 4.74 Å². The molecule has 2 aromatic rings. The summed E-state index contributed by atoms with van der Waals surface area (Å²) in [6.07, 6.45) is 0. The van der Waals surface area contributed by atoms with Gasteiger partial charge in [0.25, 0.3) is 0 Å². The van der Waals surface area contributed by atoms with E-state index in [1.54, 1.807) is 0 Å². The molecule has 0 saturated carbocycles. The summed E-state index contributed by atoms with van der Waals surface area (Å²) < 4.78 is 5.49. The monoisotopic (exact) mass is 320 g/mol. The van der Waals surface area contributed by atoms with Crippen molar-refractivity contribution in [1.82, 2.24) is 20.4 Å². The van der Waals surface area contributed by atoms with Crippen molar-refractivity contribution in [3.63, 3.8) is 0 Å². The maximum Gasteiger partial charge on any atom is 0.0638 e. The van der Waals surface area contributed by atoms with Crippen molar-refractivity contribution in [2.75, 3.05) is 32.8 Å². The molecule has 0 amide bonds. The number of nitrogens with one attached hydrogen (secondary N) is 2. The van der Waals surface area contributed by atoms with Crippen LogP contribution in [0.15, 0.2) is 17.5 Å².